The number of carbonyl (C=O) groups is 2. The van der Waals surface area contributed by atoms with Gasteiger partial charge in [0, 0.05) is 31.7 Å². The molecular formula is C25H38N4O3. The average Bonchev–Trinajstić information content (AvgIpc) is 3.45. The molecule has 1 aromatic heterocycles. The van der Waals surface area contributed by atoms with Gasteiger partial charge in [-0.1, -0.05) is 26.0 Å². The predicted molar refractivity (Wildman–Crippen MR) is 126 cm³/mol. The van der Waals surface area contributed by atoms with Gasteiger partial charge in [-0.15, -0.1) is 0 Å². The first kappa shape index (κ1) is 24.2. The third kappa shape index (κ3) is 5.68. The number of benzene rings is 1. The summed E-state index contributed by atoms with van der Waals surface area (Å²) in [4.78, 5) is 32.4. The molecule has 7 heteroatoms. The Morgan fingerprint density at radius 3 is 2.59 bits per heavy atom. The molecule has 0 spiro atoms. The van der Waals surface area contributed by atoms with Crippen LogP contribution >= 0.6 is 0 Å². The first-order chi connectivity index (χ1) is 15.5. The number of amides is 2. The molecule has 2 aromatic rings. The highest BCUT2D eigenvalue weighted by Gasteiger charge is 2.25. The topological polar surface area (TPSA) is 76.5 Å². The average molecular weight is 443 g/mol. The van der Waals surface area contributed by atoms with E-state index in [2.05, 4.69) is 37.6 Å². The summed E-state index contributed by atoms with van der Waals surface area (Å²) in [6, 6.07) is 8.36. The van der Waals surface area contributed by atoms with Crippen LogP contribution in [-0.4, -0.2) is 57.6 Å². The molecule has 0 bridgehead atoms. The molecule has 176 valence electrons. The zero-order chi connectivity index (χ0) is 23.1. The maximum Gasteiger partial charge on any atom is 0.249 e. The van der Waals surface area contributed by atoms with E-state index in [4.69, 9.17) is 9.72 Å². The van der Waals surface area contributed by atoms with Gasteiger partial charge >= 0.3 is 0 Å². The van der Waals surface area contributed by atoms with Crippen molar-refractivity contribution in [2.45, 2.75) is 91.0 Å². The molecule has 0 aliphatic carbocycles. The molecule has 2 heterocycles. The first-order valence-corrected chi connectivity index (χ1v) is 12.1. The lowest BCUT2D eigenvalue weighted by Gasteiger charge is -2.34. The molecule has 1 aromatic carbocycles. The van der Waals surface area contributed by atoms with Crippen LogP contribution in [0.1, 0.15) is 65.6 Å². The van der Waals surface area contributed by atoms with Gasteiger partial charge in [0.25, 0.3) is 0 Å². The van der Waals surface area contributed by atoms with Crippen LogP contribution in [0.5, 0.6) is 0 Å². The molecule has 1 aliphatic rings. The molecule has 7 nitrogen and oxygen atoms in total. The van der Waals surface area contributed by atoms with Crippen LogP contribution in [-0.2, 0) is 27.3 Å². The number of nitrogens with zero attached hydrogens (tertiary/aromatic N) is 3. The number of rotatable bonds is 11. The van der Waals surface area contributed by atoms with Crippen molar-refractivity contribution >= 4 is 22.8 Å². The summed E-state index contributed by atoms with van der Waals surface area (Å²) in [5.74, 6) is 0.993. The molecule has 1 N–H and O–H groups in total. The third-order valence-electron chi connectivity index (χ3n) is 6.54. The largest absolute Gasteiger partial charge is 0.368 e. The van der Waals surface area contributed by atoms with E-state index in [1.807, 2.05) is 29.2 Å². The predicted octanol–water partition coefficient (Wildman–Crippen LogP) is 3.69. The smallest absolute Gasteiger partial charge is 0.249 e. The number of aromatic nitrogens is 2. The maximum atomic E-state index is 13.4. The minimum Gasteiger partial charge on any atom is -0.368 e. The van der Waals surface area contributed by atoms with Crippen molar-refractivity contribution in [2.75, 3.05) is 13.2 Å². The molecule has 3 rings (SSSR count). The number of ether oxygens (including phenoxy) is 1. The normalized spacial score (nSPS) is 17.9. The first-order valence-electron chi connectivity index (χ1n) is 12.1. The molecule has 3 unspecified atom stereocenters. The molecule has 1 aliphatic heterocycles. The zero-order valence-electron chi connectivity index (χ0n) is 20.0. The lowest BCUT2D eigenvalue weighted by atomic mass is 10.1. The Morgan fingerprint density at radius 1 is 1.22 bits per heavy atom. The Labute approximate surface area is 191 Å². The number of fused-ring (bicyclic) bond motifs is 1. The van der Waals surface area contributed by atoms with Crippen LogP contribution in [0.2, 0.25) is 0 Å². The number of imidazole rings is 1. The lowest BCUT2D eigenvalue weighted by molar-refractivity contribution is -0.136. The summed E-state index contributed by atoms with van der Waals surface area (Å²) < 4.78 is 7.49. The van der Waals surface area contributed by atoms with E-state index in [1.54, 1.807) is 0 Å². The van der Waals surface area contributed by atoms with Gasteiger partial charge < -0.3 is 19.5 Å². The minimum atomic E-state index is -0.302. The van der Waals surface area contributed by atoms with Crippen molar-refractivity contribution in [1.29, 1.82) is 0 Å². The van der Waals surface area contributed by atoms with E-state index in [0.717, 1.165) is 49.0 Å². The third-order valence-corrected chi connectivity index (χ3v) is 6.54. The highest BCUT2D eigenvalue weighted by atomic mass is 16.5. The summed E-state index contributed by atoms with van der Waals surface area (Å²) in [5.41, 5.74) is 1.88. The molecule has 1 saturated heterocycles. The quantitative estimate of drug-likeness (QED) is 0.539. The monoisotopic (exact) mass is 442 g/mol. The SMILES string of the molecule is CCC(C)N(C(=O)Cn1c(CCCNC(=O)C2CCCO2)nc2ccccc21)C(C)CC. The Hall–Kier alpha value is -2.41. The molecule has 32 heavy (non-hydrogen) atoms. The second kappa shape index (κ2) is 11.5. The van der Waals surface area contributed by atoms with Crippen LogP contribution in [0.4, 0.5) is 0 Å². The standard InChI is InChI=1S/C25H38N4O3/c1-5-18(3)29(19(4)6-2)24(30)17-28-21-12-8-7-11-20(21)27-23(28)14-9-15-26-25(31)22-13-10-16-32-22/h7-8,11-12,18-19,22H,5-6,9-10,13-17H2,1-4H3,(H,26,31). The highest BCUT2D eigenvalue weighted by molar-refractivity contribution is 5.82. The molecule has 3 atom stereocenters. The van der Waals surface area contributed by atoms with Gasteiger partial charge in [0.1, 0.15) is 18.5 Å². The van der Waals surface area contributed by atoms with E-state index in [1.165, 1.54) is 0 Å². The van der Waals surface area contributed by atoms with Crippen molar-refractivity contribution in [1.82, 2.24) is 19.8 Å². The number of hydrogen-bond acceptors (Lipinski definition) is 4. The minimum absolute atomic E-state index is 0.0241. The van der Waals surface area contributed by atoms with Crippen LogP contribution in [0.25, 0.3) is 11.0 Å². The summed E-state index contributed by atoms with van der Waals surface area (Å²) >= 11 is 0. The molecule has 1 fully saturated rings. The number of carbonyl (C=O) groups excluding carboxylic acids is 2. The van der Waals surface area contributed by atoms with Gasteiger partial charge in [-0.25, -0.2) is 4.98 Å². The molecule has 0 radical (unpaired) electrons. The van der Waals surface area contributed by atoms with Gasteiger partial charge in [0.15, 0.2) is 0 Å². The van der Waals surface area contributed by atoms with Crippen LogP contribution in [0.15, 0.2) is 24.3 Å². The molecular weight excluding hydrogens is 404 g/mol. The van der Waals surface area contributed by atoms with Gasteiger partial charge in [-0.05, 0) is 58.1 Å². The summed E-state index contributed by atoms with van der Waals surface area (Å²) in [5, 5.41) is 2.98. The van der Waals surface area contributed by atoms with Gasteiger partial charge in [0.05, 0.1) is 11.0 Å². The van der Waals surface area contributed by atoms with Crippen molar-refractivity contribution in [3.8, 4) is 0 Å². The number of nitrogens with one attached hydrogen (secondary N) is 1. The number of aryl methyl sites for hydroxylation is 1. The fraction of sp³-hybridized carbons (Fsp3) is 0.640. The Bertz CT molecular complexity index is 894. The maximum absolute atomic E-state index is 13.4. The summed E-state index contributed by atoms with van der Waals surface area (Å²) in [7, 11) is 0. The summed E-state index contributed by atoms with van der Waals surface area (Å²) in [6.45, 7) is 10.0. The van der Waals surface area contributed by atoms with Crippen molar-refractivity contribution in [3.63, 3.8) is 0 Å². The highest BCUT2D eigenvalue weighted by Crippen LogP contribution is 2.20. The fourth-order valence-electron chi connectivity index (χ4n) is 4.39. The Morgan fingerprint density at radius 2 is 1.94 bits per heavy atom. The second-order valence-electron chi connectivity index (χ2n) is 8.81. The zero-order valence-corrected chi connectivity index (χ0v) is 20.0. The van der Waals surface area contributed by atoms with E-state index < -0.39 is 0 Å². The molecule has 0 saturated carbocycles. The van der Waals surface area contributed by atoms with E-state index in [-0.39, 0.29) is 36.5 Å². The Kier molecular flexibility index (Phi) is 8.67. The van der Waals surface area contributed by atoms with Crippen LogP contribution < -0.4 is 5.32 Å². The number of para-hydroxylation sites is 2. The van der Waals surface area contributed by atoms with Gasteiger partial charge in [-0.2, -0.15) is 0 Å². The van der Waals surface area contributed by atoms with E-state index >= 15 is 0 Å². The van der Waals surface area contributed by atoms with E-state index in [9.17, 15) is 9.59 Å². The van der Waals surface area contributed by atoms with Gasteiger partial charge in [-0.3, -0.25) is 9.59 Å². The lowest BCUT2D eigenvalue weighted by Crippen LogP contribution is -2.45. The van der Waals surface area contributed by atoms with Crippen molar-refractivity contribution in [3.05, 3.63) is 30.1 Å². The van der Waals surface area contributed by atoms with Crippen LogP contribution in [0, 0.1) is 0 Å². The molecule has 2 amide bonds. The van der Waals surface area contributed by atoms with Crippen molar-refractivity contribution in [2.24, 2.45) is 0 Å². The van der Waals surface area contributed by atoms with Crippen LogP contribution in [0.3, 0.4) is 0 Å². The van der Waals surface area contributed by atoms with Gasteiger partial charge in [0.2, 0.25) is 11.8 Å². The fourth-order valence-corrected chi connectivity index (χ4v) is 4.39. The second-order valence-corrected chi connectivity index (χ2v) is 8.81. The van der Waals surface area contributed by atoms with Crippen molar-refractivity contribution < 1.29 is 14.3 Å². The number of hydrogen-bond donors (Lipinski definition) is 1. The Balaban J connectivity index is 1.70. The summed E-state index contributed by atoms with van der Waals surface area (Å²) in [6.07, 6.45) is 4.75. The van der Waals surface area contributed by atoms with E-state index in [0.29, 0.717) is 19.6 Å².